The van der Waals surface area contributed by atoms with E-state index < -0.39 is 10.0 Å². The Morgan fingerprint density at radius 1 is 1.17 bits per heavy atom. The van der Waals surface area contributed by atoms with Crippen LogP contribution in [0.2, 0.25) is 0 Å². The van der Waals surface area contributed by atoms with Gasteiger partial charge in [0.05, 0.1) is 25.6 Å². The van der Waals surface area contributed by atoms with Crippen LogP contribution in [-0.4, -0.2) is 37.8 Å². The van der Waals surface area contributed by atoms with Crippen molar-refractivity contribution in [3.8, 4) is 17.1 Å². The first kappa shape index (κ1) is 20.3. The van der Waals surface area contributed by atoms with E-state index in [9.17, 15) is 13.2 Å². The molecule has 0 unspecified atom stereocenters. The first-order valence-electron chi connectivity index (χ1n) is 8.59. The van der Waals surface area contributed by atoms with Crippen molar-refractivity contribution in [2.75, 3.05) is 18.1 Å². The van der Waals surface area contributed by atoms with Gasteiger partial charge >= 0.3 is 0 Å². The molecule has 0 atom stereocenters. The lowest BCUT2D eigenvalue weighted by Crippen LogP contribution is -2.24. The van der Waals surface area contributed by atoms with Crippen LogP contribution in [0.5, 0.6) is 5.75 Å². The fraction of sp³-hybridized carbons (Fsp3) is 0.211. The number of benzene rings is 2. The van der Waals surface area contributed by atoms with E-state index in [0.717, 1.165) is 11.8 Å². The first-order valence-corrected chi connectivity index (χ1v) is 10.5. The van der Waals surface area contributed by atoms with Gasteiger partial charge in [0.1, 0.15) is 5.75 Å². The molecule has 2 N–H and O–H groups in total. The molecule has 0 fully saturated rings. The zero-order chi connectivity index (χ0) is 21.0. The first-order chi connectivity index (χ1) is 13.8. The normalized spacial score (nSPS) is 11.1. The molecular weight excluding hydrogens is 396 g/mol. The van der Waals surface area contributed by atoms with E-state index >= 15 is 0 Å². The van der Waals surface area contributed by atoms with Crippen LogP contribution < -0.4 is 14.8 Å². The van der Waals surface area contributed by atoms with E-state index in [-0.39, 0.29) is 18.3 Å². The Labute approximate surface area is 168 Å². The number of rotatable bonds is 7. The number of hydrogen-bond donors (Lipinski definition) is 2. The Balaban J connectivity index is 1.68. The van der Waals surface area contributed by atoms with Gasteiger partial charge in [-0.15, -0.1) is 0 Å². The molecule has 29 heavy (non-hydrogen) atoms. The van der Waals surface area contributed by atoms with Crippen LogP contribution in [-0.2, 0) is 16.6 Å². The minimum absolute atomic E-state index is 0.0329. The van der Waals surface area contributed by atoms with E-state index in [0.29, 0.717) is 28.4 Å². The second kappa shape index (κ2) is 8.31. The van der Waals surface area contributed by atoms with Crippen LogP contribution in [0.15, 0.2) is 47.0 Å². The SMILES string of the molecule is COc1ccc(-c2noc(CNC(=O)c3cccc(NS(C)(=O)=O)c3C)n2)cc1. The predicted molar refractivity (Wildman–Crippen MR) is 107 cm³/mol. The molecule has 0 radical (unpaired) electrons. The number of carbonyl (C=O) groups is 1. The monoisotopic (exact) mass is 416 g/mol. The summed E-state index contributed by atoms with van der Waals surface area (Å²) in [5, 5.41) is 6.61. The molecular formula is C19H20N4O5S. The van der Waals surface area contributed by atoms with Crippen LogP contribution in [0.3, 0.4) is 0 Å². The molecule has 9 nitrogen and oxygen atoms in total. The van der Waals surface area contributed by atoms with Crippen molar-refractivity contribution in [3.05, 3.63) is 59.5 Å². The van der Waals surface area contributed by atoms with Gasteiger partial charge in [-0.2, -0.15) is 4.98 Å². The number of nitrogens with one attached hydrogen (secondary N) is 2. The molecule has 1 aromatic heterocycles. The summed E-state index contributed by atoms with van der Waals surface area (Å²) >= 11 is 0. The van der Waals surface area contributed by atoms with Gasteiger partial charge in [-0.3, -0.25) is 9.52 Å². The van der Waals surface area contributed by atoms with E-state index in [1.54, 1.807) is 56.5 Å². The number of sulfonamides is 1. The zero-order valence-electron chi connectivity index (χ0n) is 16.1. The largest absolute Gasteiger partial charge is 0.497 e. The number of nitrogens with zero attached hydrogens (tertiary/aromatic N) is 2. The van der Waals surface area contributed by atoms with Crippen molar-refractivity contribution in [2.24, 2.45) is 0 Å². The molecule has 3 aromatic rings. The van der Waals surface area contributed by atoms with Crippen LogP contribution in [0.1, 0.15) is 21.8 Å². The maximum atomic E-state index is 12.5. The van der Waals surface area contributed by atoms with Crippen molar-refractivity contribution in [1.29, 1.82) is 0 Å². The molecule has 0 aliphatic carbocycles. The topological polar surface area (TPSA) is 123 Å². The molecule has 10 heteroatoms. The summed E-state index contributed by atoms with van der Waals surface area (Å²) in [5.41, 5.74) is 1.95. The third-order valence-electron chi connectivity index (χ3n) is 4.09. The van der Waals surface area contributed by atoms with Gasteiger partial charge in [-0.25, -0.2) is 8.42 Å². The summed E-state index contributed by atoms with van der Waals surface area (Å²) < 4.78 is 35.6. The van der Waals surface area contributed by atoms with E-state index in [1.807, 2.05) is 0 Å². The van der Waals surface area contributed by atoms with Crippen molar-refractivity contribution < 1.29 is 22.5 Å². The fourth-order valence-corrected chi connectivity index (χ4v) is 3.25. The Bertz CT molecular complexity index is 1120. The number of anilines is 1. The number of hydrogen-bond acceptors (Lipinski definition) is 7. The van der Waals surface area contributed by atoms with Crippen molar-refractivity contribution in [1.82, 2.24) is 15.5 Å². The van der Waals surface area contributed by atoms with Gasteiger partial charge in [0.15, 0.2) is 0 Å². The molecule has 2 aromatic carbocycles. The number of aromatic nitrogens is 2. The Hall–Kier alpha value is -3.40. The smallest absolute Gasteiger partial charge is 0.252 e. The minimum atomic E-state index is -3.45. The summed E-state index contributed by atoms with van der Waals surface area (Å²) in [4.78, 5) is 16.8. The van der Waals surface area contributed by atoms with Crippen LogP contribution in [0.25, 0.3) is 11.4 Å². The second-order valence-corrected chi connectivity index (χ2v) is 8.02. The Morgan fingerprint density at radius 2 is 1.90 bits per heavy atom. The van der Waals surface area contributed by atoms with Gasteiger partial charge in [-0.1, -0.05) is 11.2 Å². The second-order valence-electron chi connectivity index (χ2n) is 6.28. The summed E-state index contributed by atoms with van der Waals surface area (Å²) in [6, 6.07) is 12.0. The molecule has 0 aliphatic heterocycles. The lowest BCUT2D eigenvalue weighted by atomic mass is 10.1. The van der Waals surface area contributed by atoms with E-state index in [2.05, 4.69) is 20.2 Å². The van der Waals surface area contributed by atoms with Crippen molar-refractivity contribution >= 4 is 21.6 Å². The maximum absolute atomic E-state index is 12.5. The predicted octanol–water partition coefficient (Wildman–Crippen LogP) is 2.36. The number of methoxy groups -OCH3 is 1. The van der Waals surface area contributed by atoms with Gasteiger partial charge in [0, 0.05) is 11.1 Å². The molecule has 0 saturated heterocycles. The summed E-state index contributed by atoms with van der Waals surface area (Å²) in [6.45, 7) is 1.70. The highest BCUT2D eigenvalue weighted by atomic mass is 32.2. The summed E-state index contributed by atoms with van der Waals surface area (Å²) in [7, 11) is -1.87. The molecule has 0 aliphatic rings. The maximum Gasteiger partial charge on any atom is 0.252 e. The lowest BCUT2D eigenvalue weighted by molar-refractivity contribution is 0.0945. The van der Waals surface area contributed by atoms with Crippen molar-refractivity contribution in [2.45, 2.75) is 13.5 Å². The van der Waals surface area contributed by atoms with Gasteiger partial charge in [-0.05, 0) is 48.9 Å². The van der Waals surface area contributed by atoms with Crippen LogP contribution in [0.4, 0.5) is 5.69 Å². The minimum Gasteiger partial charge on any atom is -0.497 e. The lowest BCUT2D eigenvalue weighted by Gasteiger charge is -2.11. The number of carbonyl (C=O) groups excluding carboxylic acids is 1. The molecule has 1 heterocycles. The quantitative estimate of drug-likeness (QED) is 0.606. The Kier molecular flexibility index (Phi) is 5.83. The fourth-order valence-electron chi connectivity index (χ4n) is 2.63. The zero-order valence-corrected chi connectivity index (χ0v) is 16.9. The molecule has 0 bridgehead atoms. The van der Waals surface area contributed by atoms with Gasteiger partial charge < -0.3 is 14.6 Å². The third kappa shape index (κ3) is 5.11. The van der Waals surface area contributed by atoms with Crippen LogP contribution in [0, 0.1) is 6.92 Å². The van der Waals surface area contributed by atoms with Gasteiger partial charge in [0.2, 0.25) is 21.7 Å². The van der Waals surface area contributed by atoms with E-state index in [4.69, 9.17) is 9.26 Å². The number of amides is 1. The highest BCUT2D eigenvalue weighted by Gasteiger charge is 2.15. The van der Waals surface area contributed by atoms with Gasteiger partial charge in [0.25, 0.3) is 5.91 Å². The van der Waals surface area contributed by atoms with Crippen LogP contribution >= 0.6 is 0 Å². The number of ether oxygens (including phenoxy) is 1. The summed E-state index contributed by atoms with van der Waals surface area (Å²) in [6.07, 6.45) is 1.05. The molecule has 1 amide bonds. The standard InChI is InChI=1S/C19H20N4O5S/c1-12-15(5-4-6-16(12)23-29(3,25)26)19(24)20-11-17-21-18(22-28-17)13-7-9-14(27-2)10-8-13/h4-10,23H,11H2,1-3H3,(H,20,24). The average molecular weight is 416 g/mol. The molecule has 152 valence electrons. The Morgan fingerprint density at radius 3 is 2.55 bits per heavy atom. The highest BCUT2D eigenvalue weighted by molar-refractivity contribution is 7.92. The summed E-state index contributed by atoms with van der Waals surface area (Å²) in [5.74, 6) is 0.969. The van der Waals surface area contributed by atoms with Crippen molar-refractivity contribution in [3.63, 3.8) is 0 Å². The van der Waals surface area contributed by atoms with E-state index in [1.165, 1.54) is 0 Å². The molecule has 0 spiro atoms. The molecule has 0 saturated carbocycles. The molecule has 3 rings (SSSR count). The third-order valence-corrected chi connectivity index (χ3v) is 4.68. The average Bonchev–Trinajstić information content (AvgIpc) is 3.16. The highest BCUT2D eigenvalue weighted by Crippen LogP contribution is 2.21.